The Bertz CT molecular complexity index is 451. The van der Waals surface area contributed by atoms with Gasteiger partial charge in [0.2, 0.25) is 5.91 Å². The predicted octanol–water partition coefficient (Wildman–Crippen LogP) is 0.853. The van der Waals surface area contributed by atoms with Gasteiger partial charge in [0.1, 0.15) is 12.1 Å². The molecular weight excluding hydrogens is 305 g/mol. The number of carbonyl (C=O) groups is 3. The van der Waals surface area contributed by atoms with Crippen molar-refractivity contribution in [1.29, 1.82) is 0 Å². The molecule has 0 saturated carbocycles. The van der Waals surface area contributed by atoms with Crippen LogP contribution in [0.5, 0.6) is 0 Å². The van der Waals surface area contributed by atoms with Gasteiger partial charge in [0.25, 0.3) is 0 Å². The van der Waals surface area contributed by atoms with Gasteiger partial charge < -0.3 is 15.0 Å². The maximum Gasteiger partial charge on any atom is 0.471 e. The fourth-order valence-corrected chi connectivity index (χ4v) is 2.32. The van der Waals surface area contributed by atoms with Gasteiger partial charge in [-0.3, -0.25) is 9.59 Å². The fourth-order valence-electron chi connectivity index (χ4n) is 2.32. The lowest BCUT2D eigenvalue weighted by Crippen LogP contribution is -2.54. The zero-order chi connectivity index (χ0) is 17.1. The first-order chi connectivity index (χ1) is 10.1. The highest BCUT2D eigenvalue weighted by Crippen LogP contribution is 2.26. The van der Waals surface area contributed by atoms with Crippen molar-refractivity contribution >= 4 is 17.8 Å². The molecule has 1 aliphatic heterocycles. The van der Waals surface area contributed by atoms with E-state index in [4.69, 9.17) is 0 Å². The van der Waals surface area contributed by atoms with Crippen molar-refractivity contribution in [3.05, 3.63) is 0 Å². The normalized spacial score (nSPS) is 20.0. The first kappa shape index (κ1) is 18.2. The zero-order valence-corrected chi connectivity index (χ0v) is 12.6. The number of esters is 1. The number of rotatable bonds is 4. The van der Waals surface area contributed by atoms with Crippen LogP contribution in [0.1, 0.15) is 26.7 Å². The second kappa shape index (κ2) is 6.97. The molecule has 0 unspecified atom stereocenters. The van der Waals surface area contributed by atoms with E-state index in [1.807, 2.05) is 0 Å². The first-order valence-electron chi connectivity index (χ1n) is 6.85. The Hall–Kier alpha value is -1.80. The average Bonchev–Trinajstić information content (AvgIpc) is 2.90. The van der Waals surface area contributed by atoms with Crippen molar-refractivity contribution in [3.63, 3.8) is 0 Å². The van der Waals surface area contributed by atoms with Crippen molar-refractivity contribution in [2.75, 3.05) is 13.7 Å². The standard InChI is InChI=1S/C13H19F3N2O4/c1-7(2)9(11(20)22-3)17-10(19)8-5-4-6-18(8)12(21)13(14,15)16/h7-9H,4-6H2,1-3H3,(H,17,19)/t8-,9+/m0/s1. The number of carbonyl (C=O) groups excluding carboxylic acids is 3. The molecule has 1 saturated heterocycles. The summed E-state index contributed by atoms with van der Waals surface area (Å²) in [6.45, 7) is 3.19. The number of hydrogen-bond acceptors (Lipinski definition) is 4. The lowest BCUT2D eigenvalue weighted by Gasteiger charge is -2.27. The Morgan fingerprint density at radius 1 is 1.27 bits per heavy atom. The molecule has 9 heteroatoms. The minimum Gasteiger partial charge on any atom is -0.467 e. The molecule has 1 N–H and O–H groups in total. The molecule has 0 aromatic carbocycles. The Morgan fingerprint density at radius 2 is 1.86 bits per heavy atom. The third-order valence-electron chi connectivity index (χ3n) is 3.48. The van der Waals surface area contributed by atoms with Crippen LogP contribution in [-0.4, -0.2) is 54.6 Å². The number of amides is 2. The number of halogens is 3. The highest BCUT2D eigenvalue weighted by atomic mass is 19.4. The van der Waals surface area contributed by atoms with E-state index in [1.54, 1.807) is 13.8 Å². The summed E-state index contributed by atoms with van der Waals surface area (Å²) in [5, 5.41) is 2.37. The molecule has 6 nitrogen and oxygen atoms in total. The minimum atomic E-state index is -5.03. The molecule has 0 radical (unpaired) electrons. The number of nitrogens with zero attached hydrogens (tertiary/aromatic N) is 1. The Kier molecular flexibility index (Phi) is 5.78. The fraction of sp³-hybridized carbons (Fsp3) is 0.769. The molecule has 126 valence electrons. The molecule has 1 heterocycles. The summed E-state index contributed by atoms with van der Waals surface area (Å²) in [7, 11) is 1.15. The maximum atomic E-state index is 12.5. The summed E-state index contributed by atoms with van der Waals surface area (Å²) < 4.78 is 42.1. The highest BCUT2D eigenvalue weighted by Gasteiger charge is 2.48. The molecule has 1 fully saturated rings. The van der Waals surface area contributed by atoms with E-state index in [-0.39, 0.29) is 18.9 Å². The van der Waals surface area contributed by atoms with Crippen molar-refractivity contribution in [1.82, 2.24) is 10.2 Å². The van der Waals surface area contributed by atoms with E-state index in [2.05, 4.69) is 10.1 Å². The van der Waals surface area contributed by atoms with Crippen LogP contribution in [0.4, 0.5) is 13.2 Å². The Balaban J connectivity index is 2.83. The van der Waals surface area contributed by atoms with Crippen LogP contribution in [0, 0.1) is 5.92 Å². The van der Waals surface area contributed by atoms with E-state index in [9.17, 15) is 27.6 Å². The molecule has 22 heavy (non-hydrogen) atoms. The van der Waals surface area contributed by atoms with E-state index in [0.29, 0.717) is 11.3 Å². The first-order valence-corrected chi connectivity index (χ1v) is 6.85. The molecule has 0 aromatic rings. The van der Waals surface area contributed by atoms with Gasteiger partial charge in [0.05, 0.1) is 7.11 Å². The molecule has 0 bridgehead atoms. The monoisotopic (exact) mass is 324 g/mol. The smallest absolute Gasteiger partial charge is 0.467 e. The number of ether oxygens (including phenoxy) is 1. The summed E-state index contributed by atoms with van der Waals surface area (Å²) in [5.74, 6) is -3.80. The molecular formula is C13H19F3N2O4. The number of nitrogens with one attached hydrogen (secondary N) is 1. The number of hydrogen-bond donors (Lipinski definition) is 1. The molecule has 0 aliphatic carbocycles. The second-order valence-corrected chi connectivity index (χ2v) is 5.41. The summed E-state index contributed by atoms with van der Waals surface area (Å²) in [6.07, 6.45) is -4.60. The molecule has 1 rings (SSSR count). The maximum absolute atomic E-state index is 12.5. The third-order valence-corrected chi connectivity index (χ3v) is 3.48. The lowest BCUT2D eigenvalue weighted by atomic mass is 10.0. The van der Waals surface area contributed by atoms with E-state index >= 15 is 0 Å². The van der Waals surface area contributed by atoms with Gasteiger partial charge >= 0.3 is 18.1 Å². The average molecular weight is 324 g/mol. The van der Waals surface area contributed by atoms with Crippen LogP contribution in [0.25, 0.3) is 0 Å². The Morgan fingerprint density at radius 3 is 2.32 bits per heavy atom. The quantitative estimate of drug-likeness (QED) is 0.778. The minimum absolute atomic E-state index is 0.125. The molecule has 0 spiro atoms. The SMILES string of the molecule is COC(=O)[C@H](NC(=O)[C@@H]1CCCN1C(=O)C(F)(F)F)C(C)C. The van der Waals surface area contributed by atoms with Gasteiger partial charge in [0, 0.05) is 6.54 Å². The van der Waals surface area contributed by atoms with E-state index < -0.39 is 36.0 Å². The Labute approximate surface area is 126 Å². The van der Waals surface area contributed by atoms with Crippen molar-refractivity contribution < 1.29 is 32.3 Å². The molecule has 2 atom stereocenters. The van der Waals surface area contributed by atoms with Crippen LogP contribution in [0.3, 0.4) is 0 Å². The van der Waals surface area contributed by atoms with Crippen LogP contribution in [0.2, 0.25) is 0 Å². The summed E-state index contributed by atoms with van der Waals surface area (Å²) in [5.41, 5.74) is 0. The summed E-state index contributed by atoms with van der Waals surface area (Å²) in [6, 6.07) is -2.19. The number of methoxy groups -OCH3 is 1. The molecule has 0 aromatic heterocycles. The van der Waals surface area contributed by atoms with Gasteiger partial charge in [-0.2, -0.15) is 13.2 Å². The van der Waals surface area contributed by atoms with Gasteiger partial charge in [-0.1, -0.05) is 13.8 Å². The lowest BCUT2D eigenvalue weighted by molar-refractivity contribution is -0.186. The van der Waals surface area contributed by atoms with E-state index in [1.165, 1.54) is 0 Å². The topological polar surface area (TPSA) is 75.7 Å². The van der Waals surface area contributed by atoms with Gasteiger partial charge in [-0.05, 0) is 18.8 Å². The van der Waals surface area contributed by atoms with Gasteiger partial charge in [-0.25, -0.2) is 4.79 Å². The van der Waals surface area contributed by atoms with Gasteiger partial charge in [-0.15, -0.1) is 0 Å². The van der Waals surface area contributed by atoms with E-state index in [0.717, 1.165) is 7.11 Å². The molecule has 2 amide bonds. The largest absolute Gasteiger partial charge is 0.471 e. The predicted molar refractivity (Wildman–Crippen MR) is 69.6 cm³/mol. The van der Waals surface area contributed by atoms with Gasteiger partial charge in [0.15, 0.2) is 0 Å². The van der Waals surface area contributed by atoms with Crippen LogP contribution in [-0.2, 0) is 19.1 Å². The summed E-state index contributed by atoms with van der Waals surface area (Å²) >= 11 is 0. The van der Waals surface area contributed by atoms with Crippen molar-refractivity contribution in [2.24, 2.45) is 5.92 Å². The van der Waals surface area contributed by atoms with Crippen molar-refractivity contribution in [3.8, 4) is 0 Å². The number of alkyl halides is 3. The van der Waals surface area contributed by atoms with Crippen molar-refractivity contribution in [2.45, 2.75) is 44.9 Å². The van der Waals surface area contributed by atoms with Crippen LogP contribution >= 0.6 is 0 Å². The number of likely N-dealkylation sites (tertiary alicyclic amines) is 1. The highest BCUT2D eigenvalue weighted by molar-refractivity contribution is 5.92. The summed E-state index contributed by atoms with van der Waals surface area (Å²) in [4.78, 5) is 35.5. The van der Waals surface area contributed by atoms with Crippen LogP contribution < -0.4 is 5.32 Å². The van der Waals surface area contributed by atoms with Crippen LogP contribution in [0.15, 0.2) is 0 Å². The molecule has 1 aliphatic rings. The second-order valence-electron chi connectivity index (χ2n) is 5.41. The zero-order valence-electron chi connectivity index (χ0n) is 12.6. The third kappa shape index (κ3) is 4.11.